The van der Waals surface area contributed by atoms with Crippen LogP contribution in [0, 0.1) is 5.82 Å². The van der Waals surface area contributed by atoms with E-state index in [1.807, 2.05) is 37.3 Å². The van der Waals surface area contributed by atoms with Crippen LogP contribution in [0.25, 0.3) is 0 Å². The zero-order valence-electron chi connectivity index (χ0n) is 23.4. The molecule has 218 valence electrons. The topological polar surface area (TPSA) is 86.8 Å². The van der Waals surface area contributed by atoms with Gasteiger partial charge in [0, 0.05) is 12.6 Å². The lowest BCUT2D eigenvalue weighted by Crippen LogP contribution is -2.54. The van der Waals surface area contributed by atoms with Crippen molar-refractivity contribution in [3.8, 4) is 0 Å². The largest absolute Gasteiger partial charge is 0.352 e. The fourth-order valence-electron chi connectivity index (χ4n) is 5.30. The Hall–Kier alpha value is -3.72. The maximum atomic E-state index is 14.1. The van der Waals surface area contributed by atoms with Crippen LogP contribution in [-0.4, -0.2) is 50.3 Å². The van der Waals surface area contributed by atoms with E-state index in [9.17, 15) is 22.4 Å². The van der Waals surface area contributed by atoms with Gasteiger partial charge in [0.2, 0.25) is 11.8 Å². The highest BCUT2D eigenvalue weighted by Gasteiger charge is 2.34. The summed E-state index contributed by atoms with van der Waals surface area (Å²) in [5, 5.41) is 3.15. The van der Waals surface area contributed by atoms with Gasteiger partial charge >= 0.3 is 0 Å². The number of sulfonamides is 1. The lowest BCUT2D eigenvalue weighted by Gasteiger charge is -2.34. The number of anilines is 1. The number of hydrogen-bond acceptors (Lipinski definition) is 4. The summed E-state index contributed by atoms with van der Waals surface area (Å²) in [6.45, 7) is 1.60. The Morgan fingerprint density at radius 1 is 0.902 bits per heavy atom. The van der Waals surface area contributed by atoms with E-state index in [0.29, 0.717) is 18.5 Å². The van der Waals surface area contributed by atoms with E-state index in [-0.39, 0.29) is 23.4 Å². The van der Waals surface area contributed by atoms with Crippen molar-refractivity contribution in [1.29, 1.82) is 0 Å². The molecule has 7 nitrogen and oxygen atoms in total. The van der Waals surface area contributed by atoms with E-state index < -0.39 is 34.3 Å². The minimum absolute atomic E-state index is 0.0797. The number of benzene rings is 3. The average molecular weight is 580 g/mol. The number of rotatable bonds is 12. The molecule has 1 fully saturated rings. The van der Waals surface area contributed by atoms with E-state index in [1.165, 1.54) is 17.0 Å². The third-order valence-electron chi connectivity index (χ3n) is 7.55. The van der Waals surface area contributed by atoms with Crippen LogP contribution >= 0.6 is 0 Å². The highest BCUT2D eigenvalue weighted by Crippen LogP contribution is 2.25. The number of para-hydroxylation sites is 1. The molecule has 2 amide bonds. The molecule has 41 heavy (non-hydrogen) atoms. The second-order valence-electron chi connectivity index (χ2n) is 10.4. The van der Waals surface area contributed by atoms with Gasteiger partial charge in [0.25, 0.3) is 10.0 Å². The molecule has 0 heterocycles. The molecule has 4 rings (SSSR count). The van der Waals surface area contributed by atoms with Gasteiger partial charge in [-0.1, -0.05) is 74.7 Å². The van der Waals surface area contributed by atoms with Gasteiger partial charge in [0.15, 0.2) is 0 Å². The van der Waals surface area contributed by atoms with Crippen molar-refractivity contribution >= 4 is 27.5 Å². The highest BCUT2D eigenvalue weighted by molar-refractivity contribution is 7.92. The normalized spacial score (nSPS) is 14.7. The molecule has 0 radical (unpaired) electrons. The molecule has 9 heteroatoms. The predicted molar refractivity (Wildman–Crippen MR) is 158 cm³/mol. The number of halogens is 1. The molecule has 0 spiro atoms. The second kappa shape index (κ2) is 14.3. The zero-order valence-corrected chi connectivity index (χ0v) is 24.2. The standard InChI is InChI=1S/C32H38FN3O4S/c1-2-30(32(38)34-27-14-8-4-9-15-27)35(23-22-25-12-6-3-7-13-25)31(37)24-36(28-16-10-5-11-17-28)41(39,40)29-20-18-26(33)19-21-29/h3,5-7,10-13,16-21,27,30H,2,4,8-9,14-15,22-24H2,1H3,(H,34,38)/t30-/m1/s1. The summed E-state index contributed by atoms with van der Waals surface area (Å²) in [6, 6.07) is 21.9. The van der Waals surface area contributed by atoms with Crippen LogP contribution < -0.4 is 9.62 Å². The summed E-state index contributed by atoms with van der Waals surface area (Å²) in [5.74, 6) is -1.26. The second-order valence-corrected chi connectivity index (χ2v) is 12.3. The molecule has 1 saturated carbocycles. The first-order chi connectivity index (χ1) is 19.8. The van der Waals surface area contributed by atoms with E-state index in [2.05, 4.69) is 5.32 Å². The Kier molecular flexibility index (Phi) is 10.5. The Morgan fingerprint density at radius 3 is 2.12 bits per heavy atom. The van der Waals surface area contributed by atoms with Crippen LogP contribution in [0.1, 0.15) is 51.0 Å². The molecule has 1 aliphatic rings. The molecule has 1 atom stereocenters. The van der Waals surface area contributed by atoms with Crippen molar-refractivity contribution < 1.29 is 22.4 Å². The van der Waals surface area contributed by atoms with Gasteiger partial charge in [-0.25, -0.2) is 12.8 Å². The smallest absolute Gasteiger partial charge is 0.264 e. The first-order valence-electron chi connectivity index (χ1n) is 14.3. The molecule has 1 N–H and O–H groups in total. The first kappa shape index (κ1) is 30.2. The lowest BCUT2D eigenvalue weighted by atomic mass is 9.95. The van der Waals surface area contributed by atoms with Crippen molar-refractivity contribution in [1.82, 2.24) is 10.2 Å². The van der Waals surface area contributed by atoms with Crippen LogP contribution in [0.15, 0.2) is 89.8 Å². The molecular formula is C32H38FN3O4S. The highest BCUT2D eigenvalue weighted by atomic mass is 32.2. The van der Waals surface area contributed by atoms with Crippen molar-refractivity contribution in [2.24, 2.45) is 0 Å². The molecular weight excluding hydrogens is 541 g/mol. The van der Waals surface area contributed by atoms with Crippen LogP contribution in [0.4, 0.5) is 10.1 Å². The Bertz CT molecular complexity index is 1380. The zero-order chi connectivity index (χ0) is 29.2. The first-order valence-corrected chi connectivity index (χ1v) is 15.7. The Morgan fingerprint density at radius 2 is 1.51 bits per heavy atom. The SMILES string of the molecule is CC[C@H](C(=O)NC1CCCCC1)N(CCc1ccccc1)C(=O)CN(c1ccccc1)S(=O)(=O)c1ccc(F)cc1. The maximum absolute atomic E-state index is 14.1. The monoisotopic (exact) mass is 579 g/mol. The van der Waals surface area contributed by atoms with Gasteiger partial charge in [-0.05, 0) is 67.6 Å². The molecule has 3 aromatic rings. The number of nitrogens with one attached hydrogen (secondary N) is 1. The predicted octanol–water partition coefficient (Wildman–Crippen LogP) is 5.32. The van der Waals surface area contributed by atoms with Crippen LogP contribution in [0.5, 0.6) is 0 Å². The fraction of sp³-hybridized carbons (Fsp3) is 0.375. The van der Waals surface area contributed by atoms with Gasteiger partial charge in [-0.2, -0.15) is 0 Å². The summed E-state index contributed by atoms with van der Waals surface area (Å²) >= 11 is 0. The molecule has 0 aromatic heterocycles. The Balaban J connectivity index is 1.64. The van der Waals surface area contributed by atoms with E-state index in [4.69, 9.17) is 0 Å². The van der Waals surface area contributed by atoms with Crippen LogP contribution in [0.3, 0.4) is 0 Å². The van der Waals surface area contributed by atoms with Gasteiger partial charge < -0.3 is 10.2 Å². The summed E-state index contributed by atoms with van der Waals surface area (Å²) < 4.78 is 42.2. The minimum atomic E-state index is -4.22. The number of carbonyl (C=O) groups is 2. The van der Waals surface area contributed by atoms with E-state index in [0.717, 1.165) is 54.1 Å². The molecule has 3 aromatic carbocycles. The third kappa shape index (κ3) is 7.94. The van der Waals surface area contributed by atoms with Gasteiger partial charge in [-0.3, -0.25) is 13.9 Å². The number of hydrogen-bond donors (Lipinski definition) is 1. The molecule has 0 bridgehead atoms. The van der Waals surface area contributed by atoms with Crippen LogP contribution in [-0.2, 0) is 26.0 Å². The minimum Gasteiger partial charge on any atom is -0.352 e. The molecule has 0 aliphatic heterocycles. The summed E-state index contributed by atoms with van der Waals surface area (Å²) in [7, 11) is -4.22. The molecule has 0 unspecified atom stereocenters. The van der Waals surface area contributed by atoms with E-state index >= 15 is 0 Å². The summed E-state index contributed by atoms with van der Waals surface area (Å²) in [6.07, 6.45) is 6.00. The third-order valence-corrected chi connectivity index (χ3v) is 9.33. The van der Waals surface area contributed by atoms with Gasteiger partial charge in [-0.15, -0.1) is 0 Å². The summed E-state index contributed by atoms with van der Waals surface area (Å²) in [4.78, 5) is 29.0. The molecule has 0 saturated heterocycles. The molecule has 1 aliphatic carbocycles. The number of nitrogens with zero attached hydrogens (tertiary/aromatic N) is 2. The summed E-state index contributed by atoms with van der Waals surface area (Å²) in [5.41, 5.74) is 1.31. The van der Waals surface area contributed by atoms with Gasteiger partial charge in [0.1, 0.15) is 18.4 Å². The van der Waals surface area contributed by atoms with Crippen molar-refractivity contribution in [2.75, 3.05) is 17.4 Å². The number of amides is 2. The fourth-order valence-corrected chi connectivity index (χ4v) is 6.71. The van der Waals surface area contributed by atoms with Crippen molar-refractivity contribution in [3.05, 3.63) is 96.3 Å². The average Bonchev–Trinajstić information content (AvgIpc) is 2.99. The lowest BCUT2D eigenvalue weighted by molar-refractivity contribution is -0.140. The quantitative estimate of drug-likeness (QED) is 0.315. The van der Waals surface area contributed by atoms with Crippen molar-refractivity contribution in [2.45, 2.75) is 68.8 Å². The maximum Gasteiger partial charge on any atom is 0.264 e. The Labute approximate surface area is 242 Å². The number of carbonyl (C=O) groups excluding carboxylic acids is 2. The van der Waals surface area contributed by atoms with Crippen molar-refractivity contribution in [3.63, 3.8) is 0 Å². The van der Waals surface area contributed by atoms with Crippen LogP contribution in [0.2, 0.25) is 0 Å². The van der Waals surface area contributed by atoms with E-state index in [1.54, 1.807) is 30.3 Å². The van der Waals surface area contributed by atoms with Gasteiger partial charge in [0.05, 0.1) is 10.6 Å².